The van der Waals surface area contributed by atoms with Crippen molar-refractivity contribution in [1.29, 1.82) is 0 Å². The van der Waals surface area contributed by atoms with Gasteiger partial charge in [-0.3, -0.25) is 9.59 Å². The molecule has 0 bridgehead atoms. The van der Waals surface area contributed by atoms with Gasteiger partial charge in [0, 0.05) is 12.3 Å². The van der Waals surface area contributed by atoms with Crippen molar-refractivity contribution in [1.82, 2.24) is 0 Å². The molecule has 1 rings (SSSR count). The zero-order valence-corrected chi connectivity index (χ0v) is 13.0. The highest BCUT2D eigenvalue weighted by molar-refractivity contribution is 7.95. The maximum Gasteiger partial charge on any atom is 0.307 e. The molecule has 0 amide bonds. The van der Waals surface area contributed by atoms with E-state index in [4.69, 9.17) is 5.11 Å². The third-order valence-electron chi connectivity index (χ3n) is 3.69. The average molecular weight is 328 g/mol. The molecule has 0 saturated heterocycles. The monoisotopic (exact) mass is 328 g/mol. The molecule has 122 valence electrons. The van der Waals surface area contributed by atoms with Gasteiger partial charge in [-0.15, -0.1) is 0 Å². The van der Waals surface area contributed by atoms with Crippen LogP contribution in [0, 0.1) is 5.92 Å². The van der Waals surface area contributed by atoms with E-state index in [1.165, 1.54) is 6.92 Å². The van der Waals surface area contributed by atoms with Crippen molar-refractivity contribution in [2.75, 3.05) is 0 Å². The van der Waals surface area contributed by atoms with Crippen molar-refractivity contribution in [3.63, 3.8) is 0 Å². The van der Waals surface area contributed by atoms with Gasteiger partial charge in [-0.05, 0) is 24.8 Å². The van der Waals surface area contributed by atoms with Crippen LogP contribution in [0.1, 0.15) is 31.2 Å². The van der Waals surface area contributed by atoms with Gasteiger partial charge in [-0.1, -0.05) is 30.3 Å². The second-order valence-corrected chi connectivity index (χ2v) is 7.33. The average Bonchev–Trinajstić information content (AvgIpc) is 2.42. The number of hydrogen-bond donors (Lipinski definition) is 3. The quantitative estimate of drug-likeness (QED) is 0.629. The fourth-order valence-electron chi connectivity index (χ4n) is 2.47. The second-order valence-electron chi connectivity index (χ2n) is 5.21. The van der Waals surface area contributed by atoms with Crippen LogP contribution in [0.3, 0.4) is 0 Å². The Hall–Kier alpha value is -1.86. The number of benzene rings is 1. The van der Waals surface area contributed by atoms with Gasteiger partial charge in [-0.25, -0.2) is 4.21 Å². The van der Waals surface area contributed by atoms with Gasteiger partial charge >= 0.3 is 11.9 Å². The first-order valence-electron chi connectivity index (χ1n) is 6.72. The maximum absolute atomic E-state index is 11.9. The zero-order valence-electron chi connectivity index (χ0n) is 12.2. The van der Waals surface area contributed by atoms with Crippen molar-refractivity contribution in [2.24, 2.45) is 5.92 Å². The minimum absolute atomic E-state index is 0.121. The molecule has 4 unspecified atom stereocenters. The van der Waals surface area contributed by atoms with Crippen LogP contribution >= 0.6 is 0 Å². The molecule has 0 saturated carbocycles. The van der Waals surface area contributed by atoms with Crippen molar-refractivity contribution in [2.45, 2.75) is 30.9 Å². The van der Waals surface area contributed by atoms with Crippen LogP contribution in [0.2, 0.25) is 0 Å². The van der Waals surface area contributed by atoms with Crippen molar-refractivity contribution < 1.29 is 28.6 Å². The Bertz CT molecular complexity index is 623. The van der Waals surface area contributed by atoms with Crippen LogP contribution in [-0.2, 0) is 19.4 Å². The van der Waals surface area contributed by atoms with Gasteiger partial charge in [0.25, 0.3) is 0 Å². The number of carboxylic acid groups (broad SMARTS) is 2. The molecule has 0 spiro atoms. The molecule has 0 fully saturated rings. The number of aliphatic carboxylic acids is 2. The summed E-state index contributed by atoms with van der Waals surface area (Å²) in [5.74, 6) is -0.946. The van der Waals surface area contributed by atoms with E-state index in [0.717, 1.165) is 0 Å². The zero-order chi connectivity index (χ0) is 16.9. The highest BCUT2D eigenvalue weighted by atomic mass is 32.2. The Kier molecular flexibility index (Phi) is 6.13. The molecule has 0 aliphatic rings. The molecule has 1 aromatic carbocycles. The predicted molar refractivity (Wildman–Crippen MR) is 84.5 cm³/mol. The number of rotatable bonds is 8. The van der Waals surface area contributed by atoms with E-state index in [-0.39, 0.29) is 12.8 Å². The molecular formula is C15H20O6S. The van der Waals surface area contributed by atoms with Gasteiger partial charge in [-0.2, -0.15) is 0 Å². The normalized spacial score (nSPS) is 17.9. The van der Waals surface area contributed by atoms with E-state index in [2.05, 4.69) is 5.87 Å². The highest BCUT2D eigenvalue weighted by Gasteiger charge is 2.36. The Labute approximate surface area is 129 Å². The fourth-order valence-corrected chi connectivity index (χ4v) is 3.28. The summed E-state index contributed by atoms with van der Waals surface area (Å²) in [5.41, 5.74) is 0.582. The number of hydrogen-bond acceptors (Lipinski definition) is 3. The van der Waals surface area contributed by atoms with Crippen LogP contribution in [0.5, 0.6) is 0 Å². The molecular weight excluding hydrogens is 308 g/mol. The lowest BCUT2D eigenvalue weighted by molar-refractivity contribution is -0.143. The van der Waals surface area contributed by atoms with Gasteiger partial charge in [0.2, 0.25) is 0 Å². The molecule has 6 nitrogen and oxygen atoms in total. The minimum Gasteiger partial charge on any atom is -0.481 e. The van der Waals surface area contributed by atoms with E-state index in [1.54, 1.807) is 30.3 Å². The molecule has 0 heterocycles. The third kappa shape index (κ3) is 4.85. The van der Waals surface area contributed by atoms with Crippen LogP contribution in [0.25, 0.3) is 0 Å². The van der Waals surface area contributed by atoms with Crippen LogP contribution in [-0.4, -0.2) is 42.0 Å². The smallest absolute Gasteiger partial charge is 0.307 e. The van der Waals surface area contributed by atoms with Crippen LogP contribution in [0.15, 0.2) is 30.3 Å². The standard InChI is InChI=1S/C15H20O6S/c1-10(22(2,20)21)14(11-6-4-3-5-7-11)12(15(18)19)8-9-13(16)17/h3-7,10,12,14H,2,8-9H2,1H3,(H,16,17)(H,18,19)(H,20,21). The molecule has 0 aliphatic carbocycles. The Morgan fingerprint density at radius 1 is 1.23 bits per heavy atom. The summed E-state index contributed by atoms with van der Waals surface area (Å²) in [5, 5.41) is 17.3. The molecule has 4 atom stereocenters. The van der Waals surface area contributed by atoms with Crippen molar-refractivity contribution in [3.05, 3.63) is 35.9 Å². The van der Waals surface area contributed by atoms with E-state index in [9.17, 15) is 23.5 Å². The Morgan fingerprint density at radius 2 is 1.77 bits per heavy atom. The lowest BCUT2D eigenvalue weighted by Crippen LogP contribution is -2.34. The van der Waals surface area contributed by atoms with E-state index in [0.29, 0.717) is 5.56 Å². The van der Waals surface area contributed by atoms with E-state index in [1.807, 2.05) is 0 Å². The first kappa shape index (κ1) is 18.2. The molecule has 3 N–H and O–H groups in total. The lowest BCUT2D eigenvalue weighted by atomic mass is 9.81. The summed E-state index contributed by atoms with van der Waals surface area (Å²) in [6.45, 7) is 1.46. The van der Waals surface area contributed by atoms with E-state index >= 15 is 0 Å². The summed E-state index contributed by atoms with van der Waals surface area (Å²) in [7, 11) is -3.48. The molecule has 0 aliphatic heterocycles. The first-order chi connectivity index (χ1) is 10.1. The number of carboxylic acids is 2. The van der Waals surface area contributed by atoms with Crippen molar-refractivity contribution in [3.8, 4) is 0 Å². The van der Waals surface area contributed by atoms with Crippen molar-refractivity contribution >= 4 is 27.6 Å². The van der Waals surface area contributed by atoms with Gasteiger partial charge < -0.3 is 14.8 Å². The molecule has 1 aromatic rings. The third-order valence-corrected chi connectivity index (χ3v) is 5.15. The topological polar surface area (TPSA) is 112 Å². The SMILES string of the molecule is C=S(=O)(O)C(C)C(c1ccccc1)C(CCC(=O)O)C(=O)O. The number of carbonyl (C=O) groups is 2. The molecule has 0 radical (unpaired) electrons. The first-order valence-corrected chi connectivity index (χ1v) is 8.47. The van der Waals surface area contributed by atoms with Crippen LogP contribution < -0.4 is 0 Å². The van der Waals surface area contributed by atoms with E-state index < -0.39 is 38.8 Å². The molecule has 7 heteroatoms. The minimum atomic E-state index is -3.48. The van der Waals surface area contributed by atoms with Gasteiger partial charge in [0.1, 0.15) is 0 Å². The summed E-state index contributed by atoms with van der Waals surface area (Å²) >= 11 is 0. The lowest BCUT2D eigenvalue weighted by Gasteiger charge is -2.29. The maximum atomic E-state index is 11.9. The van der Waals surface area contributed by atoms with Gasteiger partial charge in [0.05, 0.1) is 21.0 Å². The highest BCUT2D eigenvalue weighted by Crippen LogP contribution is 2.34. The largest absolute Gasteiger partial charge is 0.481 e. The Morgan fingerprint density at radius 3 is 2.18 bits per heavy atom. The molecule has 22 heavy (non-hydrogen) atoms. The Balaban J connectivity index is 3.27. The van der Waals surface area contributed by atoms with Crippen LogP contribution in [0.4, 0.5) is 0 Å². The summed E-state index contributed by atoms with van der Waals surface area (Å²) in [6, 6.07) is 8.49. The summed E-state index contributed by atoms with van der Waals surface area (Å²) < 4.78 is 21.6. The summed E-state index contributed by atoms with van der Waals surface area (Å²) in [6.07, 6.45) is -0.444. The second kappa shape index (κ2) is 7.42. The van der Waals surface area contributed by atoms with Gasteiger partial charge in [0.15, 0.2) is 0 Å². The predicted octanol–water partition coefficient (Wildman–Crippen LogP) is 1.91. The molecule has 0 aromatic heterocycles. The summed E-state index contributed by atoms with van der Waals surface area (Å²) in [4.78, 5) is 22.3. The fraction of sp³-hybridized carbons (Fsp3) is 0.400.